The Kier molecular flexibility index (Phi) is 7.69. The second-order valence-electron chi connectivity index (χ2n) is 11.1. The van der Waals surface area contributed by atoms with Crippen LogP contribution >= 0.6 is 0 Å². The van der Waals surface area contributed by atoms with Crippen molar-refractivity contribution < 1.29 is 19.1 Å². The number of rotatable bonds is 8. The fraction of sp³-hybridized carbons (Fsp3) is 0.265. The number of fused-ring (bicyclic) bond motifs is 1. The predicted octanol–water partition coefficient (Wildman–Crippen LogP) is 7.01. The summed E-state index contributed by atoms with van der Waals surface area (Å²) in [5.41, 5.74) is 6.43. The highest BCUT2D eigenvalue weighted by molar-refractivity contribution is 6.05. The predicted molar refractivity (Wildman–Crippen MR) is 158 cm³/mol. The fourth-order valence-corrected chi connectivity index (χ4v) is 4.85. The zero-order valence-corrected chi connectivity index (χ0v) is 23.3. The van der Waals surface area contributed by atoms with Gasteiger partial charge in [-0.3, -0.25) is 4.79 Å². The fourth-order valence-electron chi connectivity index (χ4n) is 4.85. The Morgan fingerprint density at radius 2 is 1.70 bits per heavy atom. The van der Waals surface area contributed by atoms with E-state index in [0.717, 1.165) is 17.2 Å². The summed E-state index contributed by atoms with van der Waals surface area (Å²) in [5, 5.41) is 5.95. The highest BCUT2D eigenvalue weighted by Crippen LogP contribution is 2.47. The van der Waals surface area contributed by atoms with E-state index in [0.29, 0.717) is 29.2 Å². The van der Waals surface area contributed by atoms with Gasteiger partial charge in [-0.1, -0.05) is 81.4 Å². The van der Waals surface area contributed by atoms with Crippen LogP contribution in [0.4, 0.5) is 0 Å². The van der Waals surface area contributed by atoms with E-state index in [2.05, 4.69) is 55.6 Å². The molecule has 1 saturated carbocycles. The average Bonchev–Trinajstić information content (AvgIpc) is 3.75. The highest BCUT2D eigenvalue weighted by Gasteiger charge is 2.44. The molecule has 2 atom stereocenters. The van der Waals surface area contributed by atoms with Crippen molar-refractivity contribution in [2.45, 2.75) is 45.4 Å². The first kappa shape index (κ1) is 27.1. The molecule has 1 aliphatic rings. The molecule has 5 rings (SSSR count). The van der Waals surface area contributed by atoms with Gasteiger partial charge in [0.2, 0.25) is 5.91 Å². The van der Waals surface area contributed by atoms with Crippen LogP contribution in [0.5, 0.6) is 11.5 Å². The third-order valence-corrected chi connectivity index (χ3v) is 7.20. The van der Waals surface area contributed by atoms with Crippen LogP contribution in [0.3, 0.4) is 0 Å². The molecule has 6 nitrogen and oxygen atoms in total. The summed E-state index contributed by atoms with van der Waals surface area (Å²) >= 11 is 0. The Labute approximate surface area is 235 Å². The van der Waals surface area contributed by atoms with E-state index in [1.165, 1.54) is 11.1 Å². The summed E-state index contributed by atoms with van der Waals surface area (Å²) in [6.45, 7) is 8.83. The molecule has 0 unspecified atom stereocenters. The molecule has 1 amide bonds. The Bertz CT molecular complexity index is 1560. The van der Waals surface area contributed by atoms with E-state index in [4.69, 9.17) is 9.47 Å². The van der Waals surface area contributed by atoms with Crippen molar-refractivity contribution >= 4 is 28.9 Å². The molecule has 1 N–H and O–H groups in total. The number of carbonyl (C=O) groups is 2. The van der Waals surface area contributed by atoms with E-state index in [-0.39, 0.29) is 23.2 Å². The topological polar surface area (TPSA) is 77.0 Å². The van der Waals surface area contributed by atoms with Gasteiger partial charge in [-0.15, -0.1) is 0 Å². The van der Waals surface area contributed by atoms with E-state index in [9.17, 15) is 9.59 Å². The van der Waals surface area contributed by atoms with Crippen molar-refractivity contribution in [3.8, 4) is 11.5 Å². The number of nitrogens with zero attached hydrogens (tertiary/aromatic N) is 1. The molecule has 0 radical (unpaired) electrons. The first-order chi connectivity index (χ1) is 19.2. The smallest absolute Gasteiger partial charge is 0.344 e. The summed E-state index contributed by atoms with van der Waals surface area (Å²) in [4.78, 5) is 25.7. The van der Waals surface area contributed by atoms with Crippen molar-refractivity contribution in [3.05, 3.63) is 107 Å². The van der Waals surface area contributed by atoms with Crippen molar-refractivity contribution in [2.75, 3.05) is 6.61 Å². The Morgan fingerprint density at radius 1 is 0.950 bits per heavy atom. The molecule has 1 aliphatic carbocycles. The largest absolute Gasteiger partial charge is 0.490 e. The molecule has 0 saturated heterocycles. The number of hydrazone groups is 1. The minimum absolute atomic E-state index is 0.0764. The molecular weight excluding hydrogens is 500 g/mol. The van der Waals surface area contributed by atoms with Gasteiger partial charge in [0, 0.05) is 5.92 Å². The summed E-state index contributed by atoms with van der Waals surface area (Å²) < 4.78 is 11.5. The van der Waals surface area contributed by atoms with Gasteiger partial charge in [-0.05, 0) is 76.4 Å². The average molecular weight is 535 g/mol. The molecule has 1 fully saturated rings. The first-order valence-electron chi connectivity index (χ1n) is 13.6. The number of hydrogen-bond acceptors (Lipinski definition) is 5. The van der Waals surface area contributed by atoms with Gasteiger partial charge in [0.1, 0.15) is 0 Å². The van der Waals surface area contributed by atoms with Crippen molar-refractivity contribution in [2.24, 2.45) is 11.0 Å². The maximum atomic E-state index is 13.0. The molecule has 0 heterocycles. The second kappa shape index (κ2) is 11.3. The van der Waals surface area contributed by atoms with Gasteiger partial charge < -0.3 is 9.47 Å². The van der Waals surface area contributed by atoms with Crippen LogP contribution in [0, 0.1) is 5.92 Å². The van der Waals surface area contributed by atoms with E-state index >= 15 is 0 Å². The molecule has 204 valence electrons. The van der Waals surface area contributed by atoms with Crippen molar-refractivity contribution in [1.82, 2.24) is 5.43 Å². The van der Waals surface area contributed by atoms with Crippen LogP contribution in [-0.4, -0.2) is 24.7 Å². The molecule has 4 aromatic rings. The summed E-state index contributed by atoms with van der Waals surface area (Å²) in [7, 11) is 0. The van der Waals surface area contributed by atoms with Crippen LogP contribution in [-0.2, 0) is 10.2 Å². The molecule has 40 heavy (non-hydrogen) atoms. The van der Waals surface area contributed by atoms with Gasteiger partial charge in [0.15, 0.2) is 11.5 Å². The normalized spacial score (nSPS) is 16.6. The number of nitrogens with one attached hydrogen (secondary N) is 1. The SMILES string of the molecule is CCOc1cc(/C=N/NC(=O)[C@@H]2C[C@@H]2c2ccc(C(C)(C)C)cc2)ccc1OC(=O)c1cccc2ccccc12. The lowest BCUT2D eigenvalue weighted by atomic mass is 9.86. The first-order valence-corrected chi connectivity index (χ1v) is 13.6. The zero-order chi connectivity index (χ0) is 28.3. The maximum Gasteiger partial charge on any atom is 0.344 e. The summed E-state index contributed by atoms with van der Waals surface area (Å²) in [5.74, 6) is 0.342. The molecule has 0 spiro atoms. The van der Waals surface area contributed by atoms with E-state index < -0.39 is 5.97 Å². The van der Waals surface area contributed by atoms with Crippen LogP contribution in [0.15, 0.2) is 90.0 Å². The highest BCUT2D eigenvalue weighted by atomic mass is 16.6. The zero-order valence-electron chi connectivity index (χ0n) is 23.3. The Morgan fingerprint density at radius 3 is 2.45 bits per heavy atom. The molecule has 6 heteroatoms. The maximum absolute atomic E-state index is 13.0. The van der Waals surface area contributed by atoms with Gasteiger partial charge in [-0.25, -0.2) is 10.2 Å². The molecule has 0 bridgehead atoms. The van der Waals surface area contributed by atoms with Gasteiger partial charge in [0.05, 0.1) is 18.4 Å². The number of carbonyl (C=O) groups excluding carboxylic acids is 2. The Hall–Kier alpha value is -4.45. The van der Waals surface area contributed by atoms with Crippen molar-refractivity contribution in [3.63, 3.8) is 0 Å². The minimum atomic E-state index is -0.460. The van der Waals surface area contributed by atoms with Crippen LogP contribution in [0.1, 0.15) is 67.1 Å². The third-order valence-electron chi connectivity index (χ3n) is 7.20. The second-order valence-corrected chi connectivity index (χ2v) is 11.1. The molecule has 4 aromatic carbocycles. The molecule has 0 aromatic heterocycles. The van der Waals surface area contributed by atoms with Crippen LogP contribution < -0.4 is 14.9 Å². The minimum Gasteiger partial charge on any atom is -0.490 e. The summed E-state index contributed by atoms with van der Waals surface area (Å²) in [6.07, 6.45) is 2.38. The number of amides is 1. The monoisotopic (exact) mass is 534 g/mol. The number of esters is 1. The quantitative estimate of drug-likeness (QED) is 0.114. The van der Waals surface area contributed by atoms with Crippen molar-refractivity contribution in [1.29, 1.82) is 0 Å². The lowest BCUT2D eigenvalue weighted by Crippen LogP contribution is -2.20. The third kappa shape index (κ3) is 6.07. The Balaban J connectivity index is 1.22. The number of hydrogen-bond donors (Lipinski definition) is 1. The van der Waals surface area contributed by atoms with Gasteiger partial charge in [0.25, 0.3) is 0 Å². The van der Waals surface area contributed by atoms with Gasteiger partial charge in [-0.2, -0.15) is 5.10 Å². The summed E-state index contributed by atoms with van der Waals surface area (Å²) in [6, 6.07) is 27.0. The van der Waals surface area contributed by atoms with Crippen LogP contribution in [0.2, 0.25) is 0 Å². The standard InChI is InChI=1S/C34H34N2O4/c1-5-39-31-19-22(13-18-30(31)40-33(38)27-12-8-10-23-9-6-7-11-26(23)27)21-35-36-32(37)29-20-28(29)24-14-16-25(17-15-24)34(2,3)4/h6-19,21,28-29H,5,20H2,1-4H3,(H,36,37)/b35-21+/t28-,29-/m1/s1. The lowest BCUT2D eigenvalue weighted by molar-refractivity contribution is -0.122. The van der Waals surface area contributed by atoms with E-state index in [1.54, 1.807) is 30.5 Å². The number of ether oxygens (including phenoxy) is 2. The van der Waals surface area contributed by atoms with Crippen LogP contribution in [0.25, 0.3) is 10.8 Å². The van der Waals surface area contributed by atoms with Gasteiger partial charge >= 0.3 is 5.97 Å². The van der Waals surface area contributed by atoms with E-state index in [1.807, 2.05) is 43.3 Å². The molecule has 0 aliphatic heterocycles. The number of benzene rings is 4. The lowest BCUT2D eigenvalue weighted by Gasteiger charge is -2.19. The molecular formula is C34H34N2O4.